The van der Waals surface area contributed by atoms with Crippen molar-refractivity contribution in [3.63, 3.8) is 0 Å². The van der Waals surface area contributed by atoms with Crippen molar-refractivity contribution in [3.8, 4) is 6.07 Å². The number of nitrogens with one attached hydrogen (secondary N) is 1. The highest BCUT2D eigenvalue weighted by molar-refractivity contribution is 5.37. The summed E-state index contributed by atoms with van der Waals surface area (Å²) in [5.74, 6) is 0. The molecule has 0 spiro atoms. The molecule has 0 amide bonds. The maximum Gasteiger partial charge on any atom is 0.415 e. The first-order valence-electron chi connectivity index (χ1n) is 4.88. The van der Waals surface area contributed by atoms with Crippen LogP contribution in [0.3, 0.4) is 0 Å². The number of benzene rings is 1. The predicted octanol–water partition coefficient (Wildman–Crippen LogP) is 1.57. The van der Waals surface area contributed by atoms with Crippen molar-refractivity contribution in [1.29, 1.82) is 5.26 Å². The number of aliphatic hydroxyl groups is 1. The molecule has 0 aliphatic rings. The number of nitrogens with zero attached hydrogens (tertiary/aromatic N) is 1. The smallest absolute Gasteiger partial charge is 0.382 e. The maximum atomic E-state index is 12.0. The number of alkyl halides is 3. The third-order valence-electron chi connectivity index (χ3n) is 2.17. The summed E-state index contributed by atoms with van der Waals surface area (Å²) in [6, 6.07) is 8.53. The van der Waals surface area contributed by atoms with Gasteiger partial charge in [-0.2, -0.15) is 18.4 Å². The molecule has 0 saturated carbocycles. The zero-order chi connectivity index (χ0) is 12.9. The molecule has 0 saturated heterocycles. The highest BCUT2D eigenvalue weighted by atomic mass is 19.4. The van der Waals surface area contributed by atoms with E-state index in [-0.39, 0.29) is 6.54 Å². The topological polar surface area (TPSA) is 56.0 Å². The van der Waals surface area contributed by atoms with Crippen molar-refractivity contribution in [2.45, 2.75) is 18.8 Å². The van der Waals surface area contributed by atoms with E-state index in [1.165, 1.54) is 0 Å². The van der Waals surface area contributed by atoms with Crippen molar-refractivity contribution in [3.05, 3.63) is 35.4 Å². The van der Waals surface area contributed by atoms with Crippen molar-refractivity contribution >= 4 is 0 Å². The molecule has 3 nitrogen and oxygen atoms in total. The van der Waals surface area contributed by atoms with E-state index >= 15 is 0 Å². The largest absolute Gasteiger partial charge is 0.415 e. The van der Waals surface area contributed by atoms with Gasteiger partial charge in [-0.25, -0.2) is 0 Å². The van der Waals surface area contributed by atoms with Gasteiger partial charge in [-0.3, -0.25) is 0 Å². The first-order valence-corrected chi connectivity index (χ1v) is 4.88. The quantitative estimate of drug-likeness (QED) is 0.845. The van der Waals surface area contributed by atoms with Crippen LogP contribution in [0.2, 0.25) is 0 Å². The molecule has 0 fully saturated rings. The Morgan fingerprint density at radius 3 is 2.59 bits per heavy atom. The number of nitriles is 1. The monoisotopic (exact) mass is 244 g/mol. The number of rotatable bonds is 4. The minimum atomic E-state index is -4.62. The molecule has 1 rings (SSSR count). The lowest BCUT2D eigenvalue weighted by atomic mass is 10.1. The van der Waals surface area contributed by atoms with E-state index < -0.39 is 18.8 Å². The van der Waals surface area contributed by atoms with Gasteiger partial charge < -0.3 is 10.4 Å². The average molecular weight is 244 g/mol. The molecule has 6 heteroatoms. The van der Waals surface area contributed by atoms with Gasteiger partial charge >= 0.3 is 6.18 Å². The molecule has 1 unspecified atom stereocenters. The first-order chi connectivity index (χ1) is 7.95. The Labute approximate surface area is 96.5 Å². The zero-order valence-electron chi connectivity index (χ0n) is 8.83. The fourth-order valence-electron chi connectivity index (χ4n) is 1.24. The summed E-state index contributed by atoms with van der Waals surface area (Å²) in [4.78, 5) is 0. The molecule has 0 radical (unpaired) electrons. The van der Waals surface area contributed by atoms with Gasteiger partial charge in [0.2, 0.25) is 0 Å². The number of hydrogen-bond donors (Lipinski definition) is 2. The maximum absolute atomic E-state index is 12.0. The predicted molar refractivity (Wildman–Crippen MR) is 54.9 cm³/mol. The molecule has 2 N–H and O–H groups in total. The Kier molecular flexibility index (Phi) is 4.49. The molecule has 1 aromatic rings. The number of aliphatic hydroxyl groups excluding tert-OH is 1. The minimum absolute atomic E-state index is 0.108. The SMILES string of the molecule is N#Cc1ccccc1CNCC(O)C(F)(F)F. The van der Waals surface area contributed by atoms with Crippen LogP contribution in [0.5, 0.6) is 0 Å². The molecule has 0 aliphatic heterocycles. The van der Waals surface area contributed by atoms with E-state index in [0.29, 0.717) is 11.1 Å². The van der Waals surface area contributed by atoms with Gasteiger partial charge in [-0.1, -0.05) is 18.2 Å². The van der Waals surface area contributed by atoms with Crippen LogP contribution in [0, 0.1) is 11.3 Å². The van der Waals surface area contributed by atoms with Crippen molar-refractivity contribution in [2.24, 2.45) is 0 Å². The normalized spacial score (nSPS) is 13.1. The van der Waals surface area contributed by atoms with Crippen LogP contribution in [0.15, 0.2) is 24.3 Å². The second-order valence-electron chi connectivity index (χ2n) is 3.46. The summed E-state index contributed by atoms with van der Waals surface area (Å²) in [6.07, 6.45) is -7.02. The summed E-state index contributed by atoms with van der Waals surface area (Å²) in [5.41, 5.74) is 1.01. The van der Waals surface area contributed by atoms with Gasteiger partial charge in [0.15, 0.2) is 6.10 Å². The molecule has 0 aliphatic carbocycles. The van der Waals surface area contributed by atoms with Crippen LogP contribution in [-0.2, 0) is 6.54 Å². The summed E-state index contributed by atoms with van der Waals surface area (Å²) in [6.45, 7) is -0.486. The Bertz CT molecular complexity index is 412. The second-order valence-corrected chi connectivity index (χ2v) is 3.46. The molecule has 1 atom stereocenters. The minimum Gasteiger partial charge on any atom is -0.382 e. The number of hydrogen-bond acceptors (Lipinski definition) is 3. The van der Waals surface area contributed by atoms with Gasteiger partial charge in [0.1, 0.15) is 0 Å². The molecule has 92 valence electrons. The fraction of sp³-hybridized carbons (Fsp3) is 0.364. The van der Waals surface area contributed by atoms with E-state index in [1.54, 1.807) is 24.3 Å². The standard InChI is InChI=1S/C11H11F3N2O/c12-11(13,14)10(17)7-16-6-9-4-2-1-3-8(9)5-15/h1-4,10,16-17H,6-7H2. The average Bonchev–Trinajstić information content (AvgIpc) is 2.28. The van der Waals surface area contributed by atoms with E-state index in [9.17, 15) is 13.2 Å². The van der Waals surface area contributed by atoms with Crippen LogP contribution in [0.4, 0.5) is 13.2 Å². The first kappa shape index (κ1) is 13.5. The van der Waals surface area contributed by atoms with Crippen LogP contribution in [-0.4, -0.2) is 23.9 Å². The molecule has 17 heavy (non-hydrogen) atoms. The van der Waals surface area contributed by atoms with Crippen molar-refractivity contribution < 1.29 is 18.3 Å². The lowest BCUT2D eigenvalue weighted by Gasteiger charge is -2.15. The van der Waals surface area contributed by atoms with Gasteiger partial charge in [0.25, 0.3) is 0 Å². The van der Waals surface area contributed by atoms with Gasteiger partial charge in [0, 0.05) is 13.1 Å². The summed E-state index contributed by atoms with van der Waals surface area (Å²) in [5, 5.41) is 19.9. The third-order valence-corrected chi connectivity index (χ3v) is 2.17. The molecule has 1 aromatic carbocycles. The van der Waals surface area contributed by atoms with Crippen molar-refractivity contribution in [1.82, 2.24) is 5.32 Å². The highest BCUT2D eigenvalue weighted by Gasteiger charge is 2.37. The van der Waals surface area contributed by atoms with Gasteiger partial charge in [0.05, 0.1) is 11.6 Å². The molecule has 0 heterocycles. The number of halogens is 3. The Balaban J connectivity index is 2.50. The molecule has 0 aromatic heterocycles. The van der Waals surface area contributed by atoms with Gasteiger partial charge in [-0.05, 0) is 11.6 Å². The molecular formula is C11H11F3N2O. The summed E-state index contributed by atoms with van der Waals surface area (Å²) < 4.78 is 35.9. The summed E-state index contributed by atoms with van der Waals surface area (Å²) in [7, 11) is 0. The Morgan fingerprint density at radius 2 is 2.00 bits per heavy atom. The van der Waals surface area contributed by atoms with Crippen LogP contribution in [0.1, 0.15) is 11.1 Å². The van der Waals surface area contributed by atoms with Crippen LogP contribution in [0.25, 0.3) is 0 Å². The van der Waals surface area contributed by atoms with Crippen LogP contribution >= 0.6 is 0 Å². The third kappa shape index (κ3) is 4.06. The lowest BCUT2D eigenvalue weighted by Crippen LogP contribution is -2.38. The van der Waals surface area contributed by atoms with Gasteiger partial charge in [-0.15, -0.1) is 0 Å². The van der Waals surface area contributed by atoms with E-state index in [2.05, 4.69) is 5.32 Å². The highest BCUT2D eigenvalue weighted by Crippen LogP contribution is 2.19. The zero-order valence-corrected chi connectivity index (χ0v) is 8.83. The second kappa shape index (κ2) is 5.66. The van der Waals surface area contributed by atoms with E-state index in [4.69, 9.17) is 10.4 Å². The van der Waals surface area contributed by atoms with E-state index in [0.717, 1.165) is 0 Å². The van der Waals surface area contributed by atoms with Crippen LogP contribution < -0.4 is 5.32 Å². The Hall–Kier alpha value is -1.58. The molecular weight excluding hydrogens is 233 g/mol. The lowest BCUT2D eigenvalue weighted by molar-refractivity contribution is -0.201. The Morgan fingerprint density at radius 1 is 1.35 bits per heavy atom. The fourth-order valence-corrected chi connectivity index (χ4v) is 1.24. The van der Waals surface area contributed by atoms with E-state index in [1.807, 2.05) is 6.07 Å². The summed E-state index contributed by atoms with van der Waals surface area (Å²) >= 11 is 0. The van der Waals surface area contributed by atoms with Crippen molar-refractivity contribution in [2.75, 3.05) is 6.54 Å². The molecule has 0 bridgehead atoms.